The van der Waals surface area contributed by atoms with Crippen LogP contribution in [-0.2, 0) is 4.74 Å². The Morgan fingerprint density at radius 1 is 1.12 bits per heavy atom. The monoisotopic (exact) mass is 495 g/mol. The lowest BCUT2D eigenvalue weighted by Gasteiger charge is -2.17. The van der Waals surface area contributed by atoms with Gasteiger partial charge < -0.3 is 9.30 Å². The van der Waals surface area contributed by atoms with Crippen molar-refractivity contribution in [2.75, 3.05) is 19.5 Å². The minimum atomic E-state index is 0.0464. The number of pyridine rings is 1. The third-order valence-electron chi connectivity index (χ3n) is 5.62. The minimum absolute atomic E-state index is 0.0464. The Morgan fingerprint density at radius 2 is 1.82 bits per heavy atom. The van der Waals surface area contributed by atoms with Crippen molar-refractivity contribution in [3.8, 4) is 17.1 Å². The average molecular weight is 496 g/mol. The highest BCUT2D eigenvalue weighted by molar-refractivity contribution is 7.99. The topological polar surface area (TPSA) is 74.8 Å². The molecule has 4 aromatic rings. The molecular formula is C25H26ClN5O2S. The minimum Gasteiger partial charge on any atom is -0.383 e. The number of aryl methyl sites for hydroxylation is 1. The van der Waals surface area contributed by atoms with Crippen molar-refractivity contribution in [3.63, 3.8) is 0 Å². The van der Waals surface area contributed by atoms with Gasteiger partial charge in [0.1, 0.15) is 0 Å². The Labute approximate surface area is 208 Å². The van der Waals surface area contributed by atoms with Crippen LogP contribution in [0.1, 0.15) is 34.7 Å². The van der Waals surface area contributed by atoms with E-state index in [9.17, 15) is 4.79 Å². The Balaban J connectivity index is 1.63. The molecule has 0 amide bonds. The summed E-state index contributed by atoms with van der Waals surface area (Å²) in [6.45, 7) is 6.67. The van der Waals surface area contributed by atoms with E-state index in [1.807, 2.05) is 60.9 Å². The fourth-order valence-electron chi connectivity index (χ4n) is 4.14. The molecule has 4 rings (SSSR count). The maximum atomic E-state index is 13.2. The van der Waals surface area contributed by atoms with Crippen LogP contribution in [0.2, 0.25) is 5.02 Å². The Morgan fingerprint density at radius 3 is 2.50 bits per heavy atom. The zero-order valence-corrected chi connectivity index (χ0v) is 21.1. The van der Waals surface area contributed by atoms with Gasteiger partial charge in [0, 0.05) is 52.7 Å². The first kappa shape index (κ1) is 24.2. The molecule has 1 unspecified atom stereocenters. The van der Waals surface area contributed by atoms with E-state index in [4.69, 9.17) is 16.3 Å². The number of aromatic nitrogens is 5. The summed E-state index contributed by atoms with van der Waals surface area (Å²) in [7, 11) is 1.68. The lowest BCUT2D eigenvalue weighted by molar-refractivity contribution is 0.102. The third kappa shape index (κ3) is 4.94. The Bertz CT molecular complexity index is 1280. The van der Waals surface area contributed by atoms with Crippen LogP contribution in [0, 0.1) is 13.8 Å². The molecule has 3 heterocycles. The first-order valence-electron chi connectivity index (χ1n) is 10.9. The van der Waals surface area contributed by atoms with Gasteiger partial charge in [-0.15, -0.1) is 10.2 Å². The number of ether oxygens (including phenoxy) is 1. The molecule has 0 aliphatic rings. The molecule has 176 valence electrons. The fourth-order valence-corrected chi connectivity index (χ4v) is 5.10. The second kappa shape index (κ2) is 10.5. The molecule has 1 atom stereocenters. The molecule has 0 bridgehead atoms. The molecule has 0 fully saturated rings. The number of hydrogen-bond acceptors (Lipinski definition) is 6. The predicted molar refractivity (Wildman–Crippen MR) is 135 cm³/mol. The number of Topliss-reactive ketones (excluding diaryl/α,β-unsaturated/α-hetero) is 1. The van der Waals surface area contributed by atoms with Crippen molar-refractivity contribution in [2.45, 2.75) is 32.0 Å². The second-order valence-corrected chi connectivity index (χ2v) is 9.40. The van der Waals surface area contributed by atoms with E-state index >= 15 is 0 Å². The molecule has 0 aliphatic heterocycles. The normalized spacial score (nSPS) is 12.1. The van der Waals surface area contributed by atoms with Crippen LogP contribution in [-0.4, -0.2) is 49.6 Å². The maximum absolute atomic E-state index is 13.2. The van der Waals surface area contributed by atoms with Gasteiger partial charge in [-0.05, 0) is 63.2 Å². The van der Waals surface area contributed by atoms with E-state index in [2.05, 4.69) is 26.7 Å². The van der Waals surface area contributed by atoms with Crippen molar-refractivity contribution in [1.29, 1.82) is 0 Å². The van der Waals surface area contributed by atoms with E-state index in [1.165, 1.54) is 11.8 Å². The highest BCUT2D eigenvalue weighted by Gasteiger charge is 2.21. The fraction of sp³-hybridized carbons (Fsp3) is 0.280. The summed E-state index contributed by atoms with van der Waals surface area (Å²) in [4.78, 5) is 17.3. The molecule has 34 heavy (non-hydrogen) atoms. The van der Waals surface area contributed by atoms with Crippen molar-refractivity contribution >= 4 is 29.1 Å². The zero-order chi connectivity index (χ0) is 24.2. The number of ketones is 1. The first-order valence-corrected chi connectivity index (χ1v) is 12.2. The van der Waals surface area contributed by atoms with Crippen molar-refractivity contribution in [2.24, 2.45) is 0 Å². The number of carbonyl (C=O) groups is 1. The van der Waals surface area contributed by atoms with E-state index in [0.717, 1.165) is 28.2 Å². The molecule has 0 saturated heterocycles. The molecule has 1 aromatic carbocycles. The summed E-state index contributed by atoms with van der Waals surface area (Å²) in [5.41, 5.74) is 4.46. The van der Waals surface area contributed by atoms with Gasteiger partial charge in [-0.3, -0.25) is 14.3 Å². The van der Waals surface area contributed by atoms with Crippen LogP contribution in [0.5, 0.6) is 0 Å². The predicted octanol–water partition coefficient (Wildman–Crippen LogP) is 5.58. The van der Waals surface area contributed by atoms with Gasteiger partial charge in [-0.2, -0.15) is 0 Å². The van der Waals surface area contributed by atoms with Crippen LogP contribution < -0.4 is 0 Å². The summed E-state index contributed by atoms with van der Waals surface area (Å²) >= 11 is 7.47. The number of hydrogen-bond donors (Lipinski definition) is 0. The van der Waals surface area contributed by atoms with Gasteiger partial charge in [0.25, 0.3) is 0 Å². The van der Waals surface area contributed by atoms with E-state index in [0.29, 0.717) is 22.6 Å². The quantitative estimate of drug-likeness (QED) is 0.223. The van der Waals surface area contributed by atoms with Gasteiger partial charge in [0.15, 0.2) is 16.8 Å². The molecule has 3 aromatic heterocycles. The molecule has 0 radical (unpaired) electrons. The van der Waals surface area contributed by atoms with Crippen LogP contribution in [0.25, 0.3) is 17.1 Å². The van der Waals surface area contributed by atoms with Crippen molar-refractivity contribution < 1.29 is 9.53 Å². The van der Waals surface area contributed by atoms with Crippen LogP contribution in [0.3, 0.4) is 0 Å². The van der Waals surface area contributed by atoms with Crippen LogP contribution >= 0.6 is 23.4 Å². The first-order chi connectivity index (χ1) is 16.4. The summed E-state index contributed by atoms with van der Waals surface area (Å²) in [5, 5.41) is 10.1. The number of nitrogens with zero attached hydrogens (tertiary/aromatic N) is 5. The number of rotatable bonds is 9. The molecule has 0 N–H and O–H groups in total. The zero-order valence-electron chi connectivity index (χ0n) is 19.5. The lowest BCUT2D eigenvalue weighted by Crippen LogP contribution is -2.14. The van der Waals surface area contributed by atoms with E-state index < -0.39 is 0 Å². The average Bonchev–Trinajstić information content (AvgIpc) is 3.39. The summed E-state index contributed by atoms with van der Waals surface area (Å²) in [6.07, 6.45) is 3.43. The van der Waals surface area contributed by atoms with Gasteiger partial charge in [-0.1, -0.05) is 23.4 Å². The highest BCUT2D eigenvalue weighted by Crippen LogP contribution is 2.29. The Kier molecular flexibility index (Phi) is 7.50. The molecular weight excluding hydrogens is 470 g/mol. The number of benzene rings is 1. The summed E-state index contributed by atoms with van der Waals surface area (Å²) in [5.74, 6) is 0.960. The smallest absolute Gasteiger partial charge is 0.196 e. The van der Waals surface area contributed by atoms with Gasteiger partial charge >= 0.3 is 0 Å². The number of methoxy groups -OCH3 is 1. The summed E-state index contributed by atoms with van der Waals surface area (Å²) in [6, 6.07) is 13.3. The molecule has 7 nitrogen and oxygen atoms in total. The molecule has 0 spiro atoms. The second-order valence-electron chi connectivity index (χ2n) is 8.02. The SMILES string of the molecule is COCC(C)n1c(C)cc(C(=O)CSc2nnc(-c3ccncc3)n2-c2ccc(Cl)cc2)c1C. The van der Waals surface area contributed by atoms with Gasteiger partial charge in [-0.25, -0.2) is 0 Å². The lowest BCUT2D eigenvalue weighted by atomic mass is 10.2. The van der Waals surface area contributed by atoms with Gasteiger partial charge in [0.2, 0.25) is 0 Å². The Hall–Kier alpha value is -2.94. The standard InChI is InChI=1S/C25H26ClN5O2S/c1-16-13-22(18(3)30(16)17(2)14-33-4)23(32)15-34-25-29-28-24(19-9-11-27-12-10-19)31(25)21-7-5-20(26)6-8-21/h5-13,17H,14-15H2,1-4H3. The summed E-state index contributed by atoms with van der Waals surface area (Å²) < 4.78 is 9.39. The van der Waals surface area contributed by atoms with Crippen molar-refractivity contribution in [3.05, 3.63) is 76.8 Å². The van der Waals surface area contributed by atoms with Crippen LogP contribution in [0.15, 0.2) is 60.0 Å². The van der Waals surface area contributed by atoms with Gasteiger partial charge in [0.05, 0.1) is 18.4 Å². The molecule has 0 aliphatic carbocycles. The van der Waals surface area contributed by atoms with Crippen LogP contribution in [0.4, 0.5) is 0 Å². The van der Waals surface area contributed by atoms with Crippen molar-refractivity contribution in [1.82, 2.24) is 24.3 Å². The van der Waals surface area contributed by atoms with E-state index in [-0.39, 0.29) is 17.6 Å². The van der Waals surface area contributed by atoms with E-state index in [1.54, 1.807) is 19.5 Å². The number of halogens is 1. The highest BCUT2D eigenvalue weighted by atomic mass is 35.5. The largest absolute Gasteiger partial charge is 0.383 e. The third-order valence-corrected chi connectivity index (χ3v) is 6.80. The number of carbonyl (C=O) groups excluding carboxylic acids is 1. The maximum Gasteiger partial charge on any atom is 0.196 e. The molecule has 9 heteroatoms. The molecule has 0 saturated carbocycles. The number of thioether (sulfide) groups is 1.